The predicted octanol–water partition coefficient (Wildman–Crippen LogP) is 7.78. The molecule has 0 aliphatic heterocycles. The van der Waals surface area contributed by atoms with Gasteiger partial charge in [-0.3, -0.25) is 0 Å². The van der Waals surface area contributed by atoms with Crippen LogP contribution in [0.4, 0.5) is 13.6 Å². The van der Waals surface area contributed by atoms with E-state index in [0.717, 1.165) is 28.6 Å². The Morgan fingerprint density at radius 2 is 1.55 bits per heavy atom. The average molecular weight is 547 g/mol. The molecule has 7 heteroatoms. The summed E-state index contributed by atoms with van der Waals surface area (Å²) in [5, 5.41) is 11.8. The van der Waals surface area contributed by atoms with Crippen molar-refractivity contribution in [2.24, 2.45) is 11.3 Å². The average Bonchev–Trinajstić information content (AvgIpc) is 3.31. The van der Waals surface area contributed by atoms with Gasteiger partial charge in [0, 0.05) is 17.5 Å². The second-order valence-corrected chi connectivity index (χ2v) is 12.5. The second kappa shape index (κ2) is 11.8. The summed E-state index contributed by atoms with van der Waals surface area (Å²) in [6.07, 6.45) is 3.40. The number of benzene rings is 3. The van der Waals surface area contributed by atoms with Crippen LogP contribution in [-0.4, -0.2) is 27.9 Å². The smallest absolute Gasteiger partial charge is 0.315 e. The molecule has 5 nitrogen and oxygen atoms in total. The van der Waals surface area contributed by atoms with Gasteiger partial charge in [0.05, 0.1) is 17.4 Å². The minimum Gasteiger partial charge on any atom is -0.338 e. The Balaban J connectivity index is 1.47. The summed E-state index contributed by atoms with van der Waals surface area (Å²) < 4.78 is 28.5. The zero-order chi connectivity index (χ0) is 29.1. The van der Waals surface area contributed by atoms with E-state index < -0.39 is 5.54 Å². The van der Waals surface area contributed by atoms with Crippen molar-refractivity contribution in [2.45, 2.75) is 65.8 Å². The lowest BCUT2D eigenvalue weighted by Gasteiger charge is -2.37. The van der Waals surface area contributed by atoms with Gasteiger partial charge in [-0.15, -0.1) is 0 Å². The molecule has 3 aromatic carbocycles. The number of amides is 2. The van der Waals surface area contributed by atoms with Gasteiger partial charge >= 0.3 is 6.03 Å². The topological polar surface area (TPSA) is 59.0 Å². The monoisotopic (exact) mass is 546 g/mol. The van der Waals surface area contributed by atoms with E-state index in [9.17, 15) is 13.6 Å². The Morgan fingerprint density at radius 1 is 0.925 bits per heavy atom. The molecular formula is C33H40F2N4O. The molecule has 0 saturated heterocycles. The van der Waals surface area contributed by atoms with E-state index >= 15 is 0 Å². The molecule has 0 aliphatic carbocycles. The van der Waals surface area contributed by atoms with E-state index in [1.807, 2.05) is 24.7 Å². The number of nitrogens with zero attached hydrogens (tertiary/aromatic N) is 2. The van der Waals surface area contributed by atoms with Gasteiger partial charge in [0.25, 0.3) is 0 Å². The highest BCUT2D eigenvalue weighted by molar-refractivity contribution is 5.81. The highest BCUT2D eigenvalue weighted by Crippen LogP contribution is 2.41. The minimum absolute atomic E-state index is 0.193. The maximum atomic E-state index is 13.4. The Kier molecular flexibility index (Phi) is 8.62. The third kappa shape index (κ3) is 7.26. The van der Waals surface area contributed by atoms with Gasteiger partial charge in [-0.1, -0.05) is 45.9 Å². The van der Waals surface area contributed by atoms with Crippen molar-refractivity contribution in [2.75, 3.05) is 6.54 Å². The largest absolute Gasteiger partial charge is 0.338 e. The second-order valence-electron chi connectivity index (χ2n) is 12.5. The first-order chi connectivity index (χ1) is 18.8. The van der Waals surface area contributed by atoms with Crippen LogP contribution in [-0.2, 0) is 6.42 Å². The molecule has 212 valence electrons. The van der Waals surface area contributed by atoms with Crippen molar-refractivity contribution in [1.29, 1.82) is 0 Å². The number of carbonyl (C=O) groups is 1. The molecule has 0 radical (unpaired) electrons. The molecule has 1 unspecified atom stereocenters. The van der Waals surface area contributed by atoms with Crippen molar-refractivity contribution in [3.8, 4) is 5.69 Å². The van der Waals surface area contributed by atoms with Crippen molar-refractivity contribution in [1.82, 2.24) is 20.4 Å². The third-order valence-corrected chi connectivity index (χ3v) is 7.43. The van der Waals surface area contributed by atoms with Crippen LogP contribution in [0, 0.1) is 23.0 Å². The van der Waals surface area contributed by atoms with Crippen LogP contribution in [0.1, 0.15) is 65.0 Å². The molecule has 4 rings (SSSR count). The molecule has 2 amide bonds. The molecule has 0 spiro atoms. The summed E-state index contributed by atoms with van der Waals surface area (Å²) in [6.45, 7) is 13.2. The number of fused-ring (bicyclic) bond motifs is 1. The Labute approximate surface area is 236 Å². The molecule has 40 heavy (non-hydrogen) atoms. The van der Waals surface area contributed by atoms with Crippen LogP contribution in [0.25, 0.3) is 16.6 Å². The van der Waals surface area contributed by atoms with Crippen LogP contribution < -0.4 is 10.6 Å². The molecule has 0 saturated carbocycles. The lowest BCUT2D eigenvalue weighted by molar-refractivity contribution is 0.210. The van der Waals surface area contributed by atoms with Crippen LogP contribution >= 0.6 is 0 Å². The molecule has 1 heterocycles. The fourth-order valence-electron chi connectivity index (χ4n) is 5.37. The number of hydrogen-bond donors (Lipinski definition) is 2. The Bertz CT molecular complexity index is 1440. The highest BCUT2D eigenvalue weighted by atomic mass is 19.1. The molecule has 4 aromatic rings. The van der Waals surface area contributed by atoms with Crippen LogP contribution in [0.3, 0.4) is 0 Å². The minimum atomic E-state index is -0.501. The Morgan fingerprint density at radius 3 is 2.17 bits per heavy atom. The number of urea groups is 1. The number of carbonyl (C=O) groups excluding carboxylic acids is 1. The predicted molar refractivity (Wildman–Crippen MR) is 158 cm³/mol. The fraction of sp³-hybridized carbons (Fsp3) is 0.394. The number of nitrogens with one attached hydrogen (secondary N) is 2. The summed E-state index contributed by atoms with van der Waals surface area (Å²) >= 11 is 0. The maximum absolute atomic E-state index is 13.4. The lowest BCUT2D eigenvalue weighted by atomic mass is 9.71. The first-order valence-corrected chi connectivity index (χ1v) is 13.9. The number of aromatic nitrogens is 2. The zero-order valence-electron chi connectivity index (χ0n) is 24.3. The van der Waals surface area contributed by atoms with Gasteiger partial charge in [-0.2, -0.15) is 5.10 Å². The van der Waals surface area contributed by atoms with E-state index in [2.05, 4.69) is 61.6 Å². The van der Waals surface area contributed by atoms with E-state index in [1.165, 1.54) is 29.8 Å². The highest BCUT2D eigenvalue weighted by Gasteiger charge is 2.33. The van der Waals surface area contributed by atoms with Crippen molar-refractivity contribution >= 4 is 16.9 Å². The van der Waals surface area contributed by atoms with Gasteiger partial charge < -0.3 is 10.6 Å². The molecule has 2 N–H and O–H groups in total. The maximum Gasteiger partial charge on any atom is 0.315 e. The third-order valence-electron chi connectivity index (χ3n) is 7.43. The first-order valence-electron chi connectivity index (χ1n) is 13.9. The van der Waals surface area contributed by atoms with E-state index in [0.29, 0.717) is 18.9 Å². The quantitative estimate of drug-likeness (QED) is 0.213. The lowest BCUT2D eigenvalue weighted by Crippen LogP contribution is -2.51. The normalized spacial score (nSPS) is 13.0. The van der Waals surface area contributed by atoms with Gasteiger partial charge in [0.2, 0.25) is 0 Å². The number of rotatable bonds is 10. The van der Waals surface area contributed by atoms with Crippen molar-refractivity contribution < 1.29 is 13.6 Å². The summed E-state index contributed by atoms with van der Waals surface area (Å²) in [5.41, 5.74) is 3.19. The van der Waals surface area contributed by atoms with Crippen LogP contribution in [0.5, 0.6) is 0 Å². The van der Waals surface area contributed by atoms with E-state index in [-0.39, 0.29) is 29.0 Å². The first kappa shape index (κ1) is 29.2. The Hall–Kier alpha value is -3.74. The number of hydrogen-bond acceptors (Lipinski definition) is 2. The summed E-state index contributed by atoms with van der Waals surface area (Å²) in [5.74, 6) is 0.107. The molecule has 0 fully saturated rings. The van der Waals surface area contributed by atoms with Crippen molar-refractivity contribution in [3.63, 3.8) is 0 Å². The standard InChI is InChI=1S/C33H40F2N4O/c1-22(2)17-29(24-9-16-30-25(18-24)20-37-39(30)28-14-12-27(35)13-15-28)32(3,4)21-36-31(40)38-33(5,6)19-23-7-10-26(34)11-8-23/h7-16,18,20,22,29H,17,19,21H2,1-6H3,(H2,36,38,40). The van der Waals surface area contributed by atoms with E-state index in [4.69, 9.17) is 0 Å². The summed E-state index contributed by atoms with van der Waals surface area (Å²) in [6, 6.07) is 18.9. The van der Waals surface area contributed by atoms with Gasteiger partial charge in [0.15, 0.2) is 0 Å². The van der Waals surface area contributed by atoms with Gasteiger partial charge in [-0.25, -0.2) is 18.3 Å². The fourth-order valence-corrected chi connectivity index (χ4v) is 5.37. The molecule has 1 aromatic heterocycles. The number of halogens is 2. The summed E-state index contributed by atoms with van der Waals surface area (Å²) in [7, 11) is 0. The summed E-state index contributed by atoms with van der Waals surface area (Å²) in [4.78, 5) is 12.9. The van der Waals surface area contributed by atoms with Gasteiger partial charge in [-0.05, 0) is 104 Å². The molecule has 1 atom stereocenters. The van der Waals surface area contributed by atoms with E-state index in [1.54, 1.807) is 24.3 Å². The molecular weight excluding hydrogens is 506 g/mol. The SMILES string of the molecule is CC(C)CC(c1ccc2c(cnn2-c2ccc(F)cc2)c1)C(C)(C)CNC(=O)NC(C)(C)Cc1ccc(F)cc1. The zero-order valence-corrected chi connectivity index (χ0v) is 24.3. The molecule has 0 aliphatic rings. The van der Waals surface area contributed by atoms with Crippen molar-refractivity contribution in [3.05, 3.63) is 95.7 Å². The molecule has 0 bridgehead atoms. The van der Waals surface area contributed by atoms with Crippen LogP contribution in [0.15, 0.2) is 72.9 Å². The van der Waals surface area contributed by atoms with Gasteiger partial charge in [0.1, 0.15) is 11.6 Å². The van der Waals surface area contributed by atoms with Crippen LogP contribution in [0.2, 0.25) is 0 Å².